The number of nitrogens with zero attached hydrogens (tertiary/aromatic N) is 1. The van der Waals surface area contributed by atoms with Gasteiger partial charge in [0.05, 0.1) is 12.4 Å². The predicted molar refractivity (Wildman–Crippen MR) is 62.4 cm³/mol. The van der Waals surface area contributed by atoms with Crippen molar-refractivity contribution >= 4 is 10.0 Å². The number of hydrogen-bond acceptors (Lipinski definition) is 3. The Labute approximate surface area is 97.7 Å². The predicted octanol–water partition coefficient (Wildman–Crippen LogP) is 0.675. The molecule has 0 radical (unpaired) electrons. The van der Waals surface area contributed by atoms with E-state index in [4.69, 9.17) is 0 Å². The molecule has 1 heterocycles. The Kier molecular flexibility index (Phi) is 2.84. The lowest BCUT2D eigenvalue weighted by molar-refractivity contribution is -0.0563. The van der Waals surface area contributed by atoms with Gasteiger partial charge in [0.25, 0.3) is 0 Å². The van der Waals surface area contributed by atoms with Gasteiger partial charge in [0, 0.05) is 18.5 Å². The Morgan fingerprint density at radius 2 is 1.94 bits per heavy atom. The van der Waals surface area contributed by atoms with Gasteiger partial charge < -0.3 is 5.11 Å². The third kappa shape index (κ3) is 1.79. The highest BCUT2D eigenvalue weighted by atomic mass is 32.2. The third-order valence-corrected chi connectivity index (χ3v) is 5.51. The lowest BCUT2D eigenvalue weighted by atomic mass is 9.75. The number of aliphatic hydroxyl groups excluding tert-OH is 1. The minimum atomic E-state index is -3.07. The van der Waals surface area contributed by atoms with Gasteiger partial charge >= 0.3 is 0 Å². The van der Waals surface area contributed by atoms with Crippen molar-refractivity contribution < 1.29 is 13.5 Å². The molecule has 1 aliphatic heterocycles. The SMILES string of the molecule is CC(C)C1CCC2(CN(S(C)(=O)=O)C2)C1O. The lowest BCUT2D eigenvalue weighted by Gasteiger charge is -2.49. The second kappa shape index (κ2) is 3.68. The zero-order chi connectivity index (χ0) is 12.1. The molecule has 1 N–H and O–H groups in total. The maximum atomic E-state index is 11.3. The van der Waals surface area contributed by atoms with Crippen LogP contribution in [0.2, 0.25) is 0 Å². The van der Waals surface area contributed by atoms with Crippen LogP contribution >= 0.6 is 0 Å². The van der Waals surface area contributed by atoms with E-state index >= 15 is 0 Å². The molecule has 2 rings (SSSR count). The Balaban J connectivity index is 2.05. The molecule has 2 unspecified atom stereocenters. The molecule has 94 valence electrons. The van der Waals surface area contributed by atoms with Gasteiger partial charge in [-0.2, -0.15) is 0 Å². The van der Waals surface area contributed by atoms with Crippen LogP contribution in [-0.2, 0) is 10.0 Å². The fourth-order valence-corrected chi connectivity index (χ4v) is 4.13. The first-order valence-electron chi connectivity index (χ1n) is 5.89. The summed E-state index contributed by atoms with van der Waals surface area (Å²) in [7, 11) is -3.07. The van der Waals surface area contributed by atoms with E-state index in [0.717, 1.165) is 12.8 Å². The number of hydrogen-bond donors (Lipinski definition) is 1. The van der Waals surface area contributed by atoms with Crippen LogP contribution in [0.4, 0.5) is 0 Å². The molecule has 4 nitrogen and oxygen atoms in total. The molecule has 2 atom stereocenters. The van der Waals surface area contributed by atoms with Gasteiger partial charge in [-0.15, -0.1) is 0 Å². The zero-order valence-corrected chi connectivity index (χ0v) is 11.0. The minimum Gasteiger partial charge on any atom is -0.392 e. The fraction of sp³-hybridized carbons (Fsp3) is 1.00. The molecule has 1 saturated heterocycles. The van der Waals surface area contributed by atoms with Crippen molar-refractivity contribution in [1.82, 2.24) is 4.31 Å². The highest BCUT2D eigenvalue weighted by Gasteiger charge is 2.57. The smallest absolute Gasteiger partial charge is 0.211 e. The molecule has 1 aliphatic carbocycles. The van der Waals surface area contributed by atoms with Crippen LogP contribution in [-0.4, -0.2) is 43.3 Å². The van der Waals surface area contributed by atoms with Gasteiger partial charge in [-0.3, -0.25) is 0 Å². The topological polar surface area (TPSA) is 57.6 Å². The summed E-state index contributed by atoms with van der Waals surface area (Å²) >= 11 is 0. The molecule has 5 heteroatoms. The largest absolute Gasteiger partial charge is 0.392 e. The fourth-order valence-electron chi connectivity index (χ4n) is 3.15. The van der Waals surface area contributed by atoms with Crippen LogP contribution < -0.4 is 0 Å². The first-order valence-corrected chi connectivity index (χ1v) is 7.74. The molecule has 0 aromatic heterocycles. The van der Waals surface area contributed by atoms with E-state index < -0.39 is 10.0 Å². The van der Waals surface area contributed by atoms with Crippen molar-refractivity contribution in [2.24, 2.45) is 17.3 Å². The van der Waals surface area contributed by atoms with Crippen molar-refractivity contribution in [3.63, 3.8) is 0 Å². The summed E-state index contributed by atoms with van der Waals surface area (Å²) in [5, 5.41) is 10.3. The van der Waals surface area contributed by atoms with Crippen LogP contribution in [0.1, 0.15) is 26.7 Å². The van der Waals surface area contributed by atoms with Gasteiger partial charge in [-0.25, -0.2) is 12.7 Å². The molecular formula is C11H21NO3S. The monoisotopic (exact) mass is 247 g/mol. The number of aliphatic hydroxyl groups is 1. The summed E-state index contributed by atoms with van der Waals surface area (Å²) in [6.07, 6.45) is 2.89. The molecule has 1 saturated carbocycles. The molecule has 0 aromatic carbocycles. The molecule has 0 bridgehead atoms. The second-order valence-corrected chi connectivity index (χ2v) is 7.77. The first-order chi connectivity index (χ1) is 7.26. The zero-order valence-electron chi connectivity index (χ0n) is 10.2. The highest BCUT2D eigenvalue weighted by molar-refractivity contribution is 7.88. The maximum Gasteiger partial charge on any atom is 0.211 e. The van der Waals surface area contributed by atoms with Gasteiger partial charge in [0.2, 0.25) is 10.0 Å². The Morgan fingerprint density at radius 3 is 2.31 bits per heavy atom. The van der Waals surface area contributed by atoms with Gasteiger partial charge in [0.1, 0.15) is 0 Å². The van der Waals surface area contributed by atoms with Crippen LogP contribution in [0.5, 0.6) is 0 Å². The second-order valence-electron chi connectivity index (χ2n) is 5.78. The van der Waals surface area contributed by atoms with Crippen LogP contribution in [0, 0.1) is 17.3 Å². The van der Waals surface area contributed by atoms with E-state index in [1.165, 1.54) is 10.6 Å². The summed E-state index contributed by atoms with van der Waals surface area (Å²) in [6.45, 7) is 5.27. The molecule has 0 amide bonds. The molecule has 16 heavy (non-hydrogen) atoms. The van der Waals surface area contributed by atoms with E-state index in [-0.39, 0.29) is 11.5 Å². The normalized spacial score (nSPS) is 34.6. The molecular weight excluding hydrogens is 226 g/mol. The molecule has 0 aromatic rings. The van der Waals surface area contributed by atoms with Gasteiger partial charge in [-0.1, -0.05) is 13.8 Å². The van der Waals surface area contributed by atoms with Gasteiger partial charge in [-0.05, 0) is 24.7 Å². The summed E-state index contributed by atoms with van der Waals surface area (Å²) in [5.41, 5.74) is -0.141. The highest BCUT2D eigenvalue weighted by Crippen LogP contribution is 2.50. The van der Waals surface area contributed by atoms with E-state index in [0.29, 0.717) is 24.9 Å². The molecule has 2 fully saturated rings. The Morgan fingerprint density at radius 1 is 1.38 bits per heavy atom. The average molecular weight is 247 g/mol. The molecule has 2 aliphatic rings. The van der Waals surface area contributed by atoms with E-state index in [9.17, 15) is 13.5 Å². The van der Waals surface area contributed by atoms with Crippen LogP contribution in [0.25, 0.3) is 0 Å². The third-order valence-electron chi connectivity index (χ3n) is 4.32. The lowest BCUT2D eigenvalue weighted by Crippen LogP contribution is -2.62. The van der Waals surface area contributed by atoms with Crippen molar-refractivity contribution in [3.05, 3.63) is 0 Å². The maximum absolute atomic E-state index is 11.3. The van der Waals surface area contributed by atoms with Crippen molar-refractivity contribution in [2.75, 3.05) is 19.3 Å². The van der Waals surface area contributed by atoms with Crippen molar-refractivity contribution in [1.29, 1.82) is 0 Å². The van der Waals surface area contributed by atoms with Crippen LogP contribution in [0.3, 0.4) is 0 Å². The summed E-state index contributed by atoms with van der Waals surface area (Å²) in [5.74, 6) is 0.809. The standard InChI is InChI=1S/C11H21NO3S/c1-8(2)9-4-5-11(10(9)13)6-12(7-11)16(3,14)15/h8-10,13H,4-7H2,1-3H3. The average Bonchev–Trinajstić information content (AvgIpc) is 2.37. The van der Waals surface area contributed by atoms with E-state index in [2.05, 4.69) is 13.8 Å². The van der Waals surface area contributed by atoms with Crippen molar-refractivity contribution in [2.45, 2.75) is 32.8 Å². The summed E-state index contributed by atoms with van der Waals surface area (Å²) < 4.78 is 24.1. The summed E-state index contributed by atoms with van der Waals surface area (Å²) in [6, 6.07) is 0. The van der Waals surface area contributed by atoms with E-state index in [1.807, 2.05) is 0 Å². The van der Waals surface area contributed by atoms with Crippen molar-refractivity contribution in [3.8, 4) is 0 Å². The number of sulfonamides is 1. The minimum absolute atomic E-state index is 0.141. The number of rotatable bonds is 2. The van der Waals surface area contributed by atoms with Gasteiger partial charge in [0.15, 0.2) is 0 Å². The Bertz CT molecular complexity index is 371. The van der Waals surface area contributed by atoms with E-state index in [1.54, 1.807) is 0 Å². The molecule has 1 spiro atoms. The quantitative estimate of drug-likeness (QED) is 0.780. The van der Waals surface area contributed by atoms with Crippen LogP contribution in [0.15, 0.2) is 0 Å². The Hall–Kier alpha value is -0.130. The summed E-state index contributed by atoms with van der Waals surface area (Å²) in [4.78, 5) is 0. The first kappa shape index (κ1) is 12.3.